The van der Waals surface area contributed by atoms with Gasteiger partial charge in [0, 0.05) is 25.7 Å². The molecular formula is C18H29N3O. The van der Waals surface area contributed by atoms with E-state index < -0.39 is 0 Å². The van der Waals surface area contributed by atoms with Crippen molar-refractivity contribution < 1.29 is 4.79 Å². The maximum Gasteiger partial charge on any atom is 0.222 e. The summed E-state index contributed by atoms with van der Waals surface area (Å²) in [5, 5.41) is 4.40. The number of hydrogen-bond acceptors (Lipinski definition) is 2. The highest BCUT2D eigenvalue weighted by Crippen LogP contribution is 2.34. The smallest absolute Gasteiger partial charge is 0.222 e. The van der Waals surface area contributed by atoms with E-state index in [9.17, 15) is 4.79 Å². The van der Waals surface area contributed by atoms with Gasteiger partial charge in [-0.3, -0.25) is 9.48 Å². The van der Waals surface area contributed by atoms with Gasteiger partial charge in [0.1, 0.15) is 0 Å². The molecule has 0 aliphatic carbocycles. The largest absolute Gasteiger partial charge is 0.340 e. The number of amides is 1. The van der Waals surface area contributed by atoms with Gasteiger partial charge in [0.25, 0.3) is 0 Å². The van der Waals surface area contributed by atoms with Crippen LogP contribution in [0.3, 0.4) is 0 Å². The second kappa shape index (κ2) is 7.12. The van der Waals surface area contributed by atoms with Crippen molar-refractivity contribution in [1.29, 1.82) is 0 Å². The van der Waals surface area contributed by atoms with Crippen molar-refractivity contribution >= 4 is 5.91 Å². The zero-order valence-electron chi connectivity index (χ0n) is 14.4. The quantitative estimate of drug-likeness (QED) is 0.754. The van der Waals surface area contributed by atoms with E-state index >= 15 is 0 Å². The molecule has 1 aromatic rings. The molecule has 1 aliphatic heterocycles. The van der Waals surface area contributed by atoms with Gasteiger partial charge in [-0.15, -0.1) is 0 Å². The fourth-order valence-electron chi connectivity index (χ4n) is 3.12. The predicted molar refractivity (Wildman–Crippen MR) is 89.6 cm³/mol. The van der Waals surface area contributed by atoms with Crippen molar-refractivity contribution in [2.24, 2.45) is 5.41 Å². The summed E-state index contributed by atoms with van der Waals surface area (Å²) in [4.78, 5) is 14.2. The van der Waals surface area contributed by atoms with Crippen molar-refractivity contribution in [3.8, 4) is 0 Å². The molecule has 0 spiro atoms. The predicted octanol–water partition coefficient (Wildman–Crippen LogP) is 3.57. The van der Waals surface area contributed by atoms with Gasteiger partial charge in [-0.2, -0.15) is 5.10 Å². The summed E-state index contributed by atoms with van der Waals surface area (Å²) in [5.74, 6) is 0.295. The van der Waals surface area contributed by atoms with Crippen LogP contribution >= 0.6 is 0 Å². The van der Waals surface area contributed by atoms with Crippen LogP contribution in [0.25, 0.3) is 0 Å². The third kappa shape index (κ3) is 4.72. The van der Waals surface area contributed by atoms with Crippen LogP contribution in [-0.4, -0.2) is 33.7 Å². The van der Waals surface area contributed by atoms with Crippen LogP contribution in [0.1, 0.15) is 52.1 Å². The minimum absolute atomic E-state index is 0.250. The van der Waals surface area contributed by atoms with Crippen molar-refractivity contribution in [3.05, 3.63) is 29.6 Å². The number of aromatic nitrogens is 2. The van der Waals surface area contributed by atoms with E-state index in [0.29, 0.717) is 12.3 Å². The number of aryl methyl sites for hydroxylation is 1. The summed E-state index contributed by atoms with van der Waals surface area (Å²) in [6.45, 7) is 11.0. The molecule has 0 radical (unpaired) electrons. The maximum absolute atomic E-state index is 12.2. The van der Waals surface area contributed by atoms with Crippen LogP contribution in [0.2, 0.25) is 0 Å². The normalized spacial score (nSPS) is 22.0. The molecule has 0 bridgehead atoms. The number of hydrogen-bond donors (Lipinski definition) is 0. The molecule has 122 valence electrons. The Balaban J connectivity index is 1.89. The highest BCUT2D eigenvalue weighted by atomic mass is 16.2. The minimum Gasteiger partial charge on any atom is -0.340 e. The number of carbonyl (C=O) groups is 1. The first-order valence-electron chi connectivity index (χ1n) is 8.29. The molecule has 2 rings (SSSR count). The molecule has 0 saturated carbocycles. The van der Waals surface area contributed by atoms with Crippen LogP contribution in [0.15, 0.2) is 23.9 Å². The Morgan fingerprint density at radius 1 is 1.41 bits per heavy atom. The van der Waals surface area contributed by atoms with Gasteiger partial charge in [-0.1, -0.05) is 18.6 Å². The lowest BCUT2D eigenvalue weighted by Crippen LogP contribution is -2.46. The Kier molecular flexibility index (Phi) is 5.43. The van der Waals surface area contributed by atoms with E-state index in [0.717, 1.165) is 44.6 Å². The summed E-state index contributed by atoms with van der Waals surface area (Å²) in [6.07, 6.45) is 8.25. The van der Waals surface area contributed by atoms with Crippen LogP contribution < -0.4 is 0 Å². The van der Waals surface area contributed by atoms with E-state index in [2.05, 4.69) is 31.9 Å². The molecule has 1 amide bonds. The van der Waals surface area contributed by atoms with Gasteiger partial charge in [0.05, 0.1) is 12.2 Å². The average Bonchev–Trinajstić information content (AvgIpc) is 2.85. The van der Waals surface area contributed by atoms with E-state index in [1.54, 1.807) is 0 Å². The van der Waals surface area contributed by atoms with Crippen LogP contribution in [0.5, 0.6) is 0 Å². The number of carbonyl (C=O) groups excluding carboxylic acids is 1. The number of piperidine rings is 1. The minimum atomic E-state index is 0.250. The zero-order valence-corrected chi connectivity index (χ0v) is 14.4. The van der Waals surface area contributed by atoms with E-state index in [-0.39, 0.29) is 5.41 Å². The average molecular weight is 303 g/mol. The van der Waals surface area contributed by atoms with Gasteiger partial charge in [0.15, 0.2) is 0 Å². The number of allylic oxidation sites excluding steroid dienone is 2. The Hall–Kier alpha value is -1.58. The second-order valence-electron chi connectivity index (χ2n) is 7.17. The molecule has 4 nitrogen and oxygen atoms in total. The Bertz CT molecular complexity index is 542. The summed E-state index contributed by atoms with van der Waals surface area (Å²) >= 11 is 0. The number of likely N-dealkylation sites (tertiary alicyclic amines) is 1. The topological polar surface area (TPSA) is 38.1 Å². The van der Waals surface area contributed by atoms with Crippen LogP contribution in [0.4, 0.5) is 0 Å². The molecule has 1 atom stereocenters. The van der Waals surface area contributed by atoms with Gasteiger partial charge < -0.3 is 4.90 Å². The molecule has 1 unspecified atom stereocenters. The summed E-state index contributed by atoms with van der Waals surface area (Å²) < 4.78 is 1.93. The van der Waals surface area contributed by atoms with Crippen molar-refractivity contribution in [3.63, 3.8) is 0 Å². The third-order valence-electron chi connectivity index (χ3n) is 4.54. The van der Waals surface area contributed by atoms with Gasteiger partial charge in [-0.05, 0) is 51.5 Å². The first-order valence-corrected chi connectivity index (χ1v) is 8.29. The molecule has 0 aromatic carbocycles. The maximum atomic E-state index is 12.2. The van der Waals surface area contributed by atoms with E-state index in [4.69, 9.17) is 0 Å². The lowest BCUT2D eigenvalue weighted by Gasteiger charge is -2.40. The lowest BCUT2D eigenvalue weighted by molar-refractivity contribution is -0.137. The lowest BCUT2D eigenvalue weighted by atomic mass is 9.77. The molecular weight excluding hydrogens is 274 g/mol. The van der Waals surface area contributed by atoms with Crippen molar-refractivity contribution in [2.45, 2.75) is 59.9 Å². The summed E-state index contributed by atoms with van der Waals surface area (Å²) in [7, 11) is 0. The highest BCUT2D eigenvalue weighted by molar-refractivity contribution is 5.77. The van der Waals surface area contributed by atoms with Crippen molar-refractivity contribution in [2.75, 3.05) is 13.1 Å². The Morgan fingerprint density at radius 2 is 2.18 bits per heavy atom. The molecule has 22 heavy (non-hydrogen) atoms. The van der Waals surface area contributed by atoms with Gasteiger partial charge in [0.2, 0.25) is 5.91 Å². The second-order valence-corrected chi connectivity index (χ2v) is 7.17. The number of rotatable bonds is 6. The third-order valence-corrected chi connectivity index (χ3v) is 4.54. The molecule has 0 N–H and O–H groups in total. The number of nitrogens with zero attached hydrogens (tertiary/aromatic N) is 3. The first kappa shape index (κ1) is 16.8. The van der Waals surface area contributed by atoms with Crippen LogP contribution in [-0.2, 0) is 11.3 Å². The Labute approximate surface area is 134 Å². The molecule has 2 heterocycles. The van der Waals surface area contributed by atoms with Crippen molar-refractivity contribution in [1.82, 2.24) is 14.7 Å². The molecule has 1 saturated heterocycles. The standard InChI is InChI=1S/C18H29N3O/c1-15(2)6-5-9-18(4)10-7-17(22)20(14-18)12-13-21-11-8-16(3)19-21/h6,8,11H,5,7,9-10,12-14H2,1-4H3. The van der Waals surface area contributed by atoms with Crippen LogP contribution in [0, 0.1) is 12.3 Å². The summed E-state index contributed by atoms with van der Waals surface area (Å²) in [5.41, 5.74) is 2.65. The monoisotopic (exact) mass is 303 g/mol. The fraction of sp³-hybridized carbons (Fsp3) is 0.667. The fourth-order valence-corrected chi connectivity index (χ4v) is 3.12. The van der Waals surface area contributed by atoms with E-state index in [1.165, 1.54) is 5.57 Å². The first-order chi connectivity index (χ1) is 10.4. The SMILES string of the molecule is CC(C)=CCCC1(C)CCC(=O)N(CCn2ccc(C)n2)C1. The van der Waals surface area contributed by atoms with Gasteiger partial charge >= 0.3 is 0 Å². The van der Waals surface area contributed by atoms with E-state index in [1.807, 2.05) is 28.8 Å². The highest BCUT2D eigenvalue weighted by Gasteiger charge is 2.34. The Morgan fingerprint density at radius 3 is 2.82 bits per heavy atom. The molecule has 1 aliphatic rings. The summed E-state index contributed by atoms with van der Waals surface area (Å²) in [6, 6.07) is 2.00. The zero-order chi connectivity index (χ0) is 16.2. The molecule has 1 aromatic heterocycles. The molecule has 1 fully saturated rings. The molecule has 4 heteroatoms. The van der Waals surface area contributed by atoms with Gasteiger partial charge in [-0.25, -0.2) is 0 Å².